The van der Waals surface area contributed by atoms with E-state index in [9.17, 15) is 8.42 Å². The summed E-state index contributed by atoms with van der Waals surface area (Å²) in [6, 6.07) is 15.9. The van der Waals surface area contributed by atoms with Crippen LogP contribution in [0.1, 0.15) is 18.9 Å². The highest BCUT2D eigenvalue weighted by molar-refractivity contribution is 7.89. The van der Waals surface area contributed by atoms with Gasteiger partial charge in [-0.15, -0.1) is 0 Å². The predicted octanol–water partition coefficient (Wildman–Crippen LogP) is 5.44. The molecular weight excluding hydrogens is 495 g/mol. The highest BCUT2D eigenvalue weighted by Gasteiger charge is 2.32. The number of methoxy groups -OCH3 is 1. The van der Waals surface area contributed by atoms with Crippen LogP contribution in [0.5, 0.6) is 5.75 Å². The average Bonchev–Trinajstić information content (AvgIpc) is 3.23. The van der Waals surface area contributed by atoms with Crippen molar-refractivity contribution >= 4 is 44.4 Å². The van der Waals surface area contributed by atoms with Gasteiger partial charge in [-0.05, 0) is 55.3 Å². The largest absolute Gasteiger partial charge is 0.495 e. The van der Waals surface area contributed by atoms with Gasteiger partial charge >= 0.3 is 0 Å². The summed E-state index contributed by atoms with van der Waals surface area (Å²) in [6.07, 6.45) is 2.97. The molecule has 1 aliphatic heterocycles. The van der Waals surface area contributed by atoms with Crippen molar-refractivity contribution in [3.05, 3.63) is 70.8 Å². The fourth-order valence-electron chi connectivity index (χ4n) is 4.41. The zero-order valence-electron chi connectivity index (χ0n) is 18.4. The summed E-state index contributed by atoms with van der Waals surface area (Å²) in [4.78, 5) is 9.55. The van der Waals surface area contributed by atoms with Crippen LogP contribution in [-0.4, -0.2) is 47.5 Å². The Bertz CT molecular complexity index is 1460. The van der Waals surface area contributed by atoms with Crippen LogP contribution in [0.2, 0.25) is 10.0 Å². The molecule has 10 heteroatoms. The van der Waals surface area contributed by atoms with E-state index >= 15 is 0 Å². The number of piperidine rings is 1. The Morgan fingerprint density at radius 3 is 2.47 bits per heavy atom. The van der Waals surface area contributed by atoms with Crippen molar-refractivity contribution in [2.75, 3.05) is 20.2 Å². The number of imidazole rings is 1. The summed E-state index contributed by atoms with van der Waals surface area (Å²) in [7, 11) is -2.19. The molecule has 176 valence electrons. The van der Waals surface area contributed by atoms with Gasteiger partial charge in [-0.25, -0.2) is 18.4 Å². The quantitative estimate of drug-likeness (QED) is 0.353. The summed E-state index contributed by atoms with van der Waals surface area (Å²) in [6.45, 7) is 0.732. The number of pyridine rings is 1. The molecule has 0 saturated carbocycles. The number of sulfonamides is 1. The van der Waals surface area contributed by atoms with E-state index in [4.69, 9.17) is 32.9 Å². The van der Waals surface area contributed by atoms with Gasteiger partial charge in [-0.1, -0.05) is 35.3 Å². The van der Waals surface area contributed by atoms with Gasteiger partial charge in [0.1, 0.15) is 17.1 Å². The zero-order valence-corrected chi connectivity index (χ0v) is 20.7. The lowest BCUT2D eigenvalue weighted by molar-refractivity contribution is 0.278. The van der Waals surface area contributed by atoms with Gasteiger partial charge in [0.15, 0.2) is 5.65 Å². The zero-order chi connectivity index (χ0) is 23.9. The molecule has 0 bridgehead atoms. The van der Waals surface area contributed by atoms with Crippen LogP contribution in [0.25, 0.3) is 22.6 Å². The molecule has 1 fully saturated rings. The summed E-state index contributed by atoms with van der Waals surface area (Å²) in [5.74, 6) is 1.17. The number of fused-ring (bicyclic) bond motifs is 1. The molecule has 1 aliphatic rings. The molecule has 0 atom stereocenters. The Morgan fingerprint density at radius 1 is 1.00 bits per heavy atom. The van der Waals surface area contributed by atoms with Crippen LogP contribution in [-0.2, 0) is 10.0 Å². The van der Waals surface area contributed by atoms with E-state index in [1.807, 2.05) is 36.4 Å². The molecule has 3 heterocycles. The number of benzene rings is 2. The van der Waals surface area contributed by atoms with Crippen molar-refractivity contribution in [1.29, 1.82) is 0 Å². The Labute approximate surface area is 208 Å². The highest BCUT2D eigenvalue weighted by atomic mass is 35.5. The minimum atomic E-state index is -3.68. The van der Waals surface area contributed by atoms with Gasteiger partial charge in [0.2, 0.25) is 10.0 Å². The van der Waals surface area contributed by atoms with Gasteiger partial charge < -0.3 is 9.30 Å². The van der Waals surface area contributed by atoms with E-state index in [1.165, 1.54) is 23.5 Å². The normalized spacial score (nSPS) is 15.6. The number of nitrogens with zero attached hydrogens (tertiary/aromatic N) is 4. The molecule has 2 aromatic carbocycles. The molecule has 0 spiro atoms. The lowest BCUT2D eigenvalue weighted by Gasteiger charge is -2.32. The summed E-state index contributed by atoms with van der Waals surface area (Å²) in [5, 5.41) is 0.870. The van der Waals surface area contributed by atoms with Crippen LogP contribution in [0.3, 0.4) is 0 Å². The Morgan fingerprint density at radius 2 is 1.76 bits per heavy atom. The molecule has 5 rings (SSSR count). The van der Waals surface area contributed by atoms with Crippen LogP contribution < -0.4 is 4.74 Å². The summed E-state index contributed by atoms with van der Waals surface area (Å²) >= 11 is 12.7. The fraction of sp³-hybridized carbons (Fsp3) is 0.250. The first-order valence-electron chi connectivity index (χ1n) is 10.8. The molecule has 0 aliphatic carbocycles. The topological polar surface area (TPSA) is 77.3 Å². The van der Waals surface area contributed by atoms with Gasteiger partial charge in [0.05, 0.1) is 22.1 Å². The number of hydrogen-bond donors (Lipinski definition) is 0. The minimum absolute atomic E-state index is 0.0251. The van der Waals surface area contributed by atoms with Crippen LogP contribution in [0, 0.1) is 0 Å². The first kappa shape index (κ1) is 23.1. The fourth-order valence-corrected chi connectivity index (χ4v) is 6.44. The molecule has 0 radical (unpaired) electrons. The van der Waals surface area contributed by atoms with Crippen molar-refractivity contribution in [2.45, 2.75) is 23.8 Å². The average molecular weight is 517 g/mol. The second kappa shape index (κ2) is 9.19. The number of aromatic nitrogens is 3. The van der Waals surface area contributed by atoms with E-state index in [1.54, 1.807) is 12.3 Å². The summed E-state index contributed by atoms with van der Waals surface area (Å²) in [5.41, 5.74) is 2.37. The highest BCUT2D eigenvalue weighted by Crippen LogP contribution is 2.36. The van der Waals surface area contributed by atoms with Gasteiger partial charge in [0.25, 0.3) is 0 Å². The Hall–Kier alpha value is -2.65. The van der Waals surface area contributed by atoms with Crippen molar-refractivity contribution in [3.63, 3.8) is 0 Å². The van der Waals surface area contributed by atoms with Crippen LogP contribution >= 0.6 is 23.2 Å². The molecule has 2 aromatic heterocycles. The van der Waals surface area contributed by atoms with E-state index in [0.29, 0.717) is 36.7 Å². The third-order valence-electron chi connectivity index (χ3n) is 6.11. The number of halogens is 2. The lowest BCUT2D eigenvalue weighted by Crippen LogP contribution is -2.39. The number of rotatable bonds is 5. The maximum absolute atomic E-state index is 13.3. The molecule has 7 nitrogen and oxygen atoms in total. The molecule has 34 heavy (non-hydrogen) atoms. The van der Waals surface area contributed by atoms with Gasteiger partial charge in [0, 0.05) is 30.9 Å². The third kappa shape index (κ3) is 4.05. The van der Waals surface area contributed by atoms with Gasteiger partial charge in [-0.3, -0.25) is 0 Å². The summed E-state index contributed by atoms with van der Waals surface area (Å²) < 4.78 is 35.3. The lowest BCUT2D eigenvalue weighted by atomic mass is 10.1. The van der Waals surface area contributed by atoms with E-state index < -0.39 is 10.0 Å². The first-order valence-corrected chi connectivity index (χ1v) is 13.0. The second-order valence-corrected chi connectivity index (χ2v) is 10.8. The predicted molar refractivity (Wildman–Crippen MR) is 133 cm³/mol. The third-order valence-corrected chi connectivity index (χ3v) is 8.63. The van der Waals surface area contributed by atoms with E-state index in [-0.39, 0.29) is 16.0 Å². The SMILES string of the molecule is COc1ccc(S(=O)(=O)N2CCC(n3c(-c4ccccc4Cl)nc4cccnc43)CC2)cc1Cl. The molecular formula is C24H22Cl2N4O3S. The molecule has 0 N–H and O–H groups in total. The number of hydrogen-bond acceptors (Lipinski definition) is 5. The number of ether oxygens (including phenoxy) is 1. The van der Waals surface area contributed by atoms with E-state index in [0.717, 1.165) is 22.6 Å². The molecule has 0 unspecified atom stereocenters. The smallest absolute Gasteiger partial charge is 0.243 e. The maximum atomic E-state index is 13.3. The first-order chi connectivity index (χ1) is 16.4. The van der Waals surface area contributed by atoms with Crippen LogP contribution in [0.4, 0.5) is 0 Å². The van der Waals surface area contributed by atoms with Crippen molar-refractivity contribution in [1.82, 2.24) is 18.8 Å². The maximum Gasteiger partial charge on any atom is 0.243 e. The van der Waals surface area contributed by atoms with Crippen LogP contribution in [0.15, 0.2) is 65.7 Å². The second-order valence-electron chi connectivity index (χ2n) is 8.06. The van der Waals surface area contributed by atoms with Gasteiger partial charge in [-0.2, -0.15) is 4.31 Å². The Kier molecular flexibility index (Phi) is 6.24. The van der Waals surface area contributed by atoms with Crippen molar-refractivity contribution in [2.24, 2.45) is 0 Å². The monoisotopic (exact) mass is 516 g/mol. The molecule has 1 saturated heterocycles. The Balaban J connectivity index is 1.45. The van der Waals surface area contributed by atoms with Crippen molar-refractivity contribution < 1.29 is 13.2 Å². The molecule has 4 aromatic rings. The minimum Gasteiger partial charge on any atom is -0.495 e. The van der Waals surface area contributed by atoms with Crippen molar-refractivity contribution in [3.8, 4) is 17.1 Å². The van der Waals surface area contributed by atoms with E-state index in [2.05, 4.69) is 9.55 Å². The standard InChI is InChI=1S/C24H22Cl2N4O3S/c1-33-22-9-8-17(15-20(22)26)34(31,32)29-13-10-16(11-14-29)30-23(18-5-2-3-6-19(18)25)28-21-7-4-12-27-24(21)30/h2-9,12,15-16H,10-11,13-14H2,1H3. The molecule has 0 amide bonds.